The van der Waals surface area contributed by atoms with Crippen molar-refractivity contribution in [1.82, 2.24) is 25.1 Å². The van der Waals surface area contributed by atoms with Crippen molar-refractivity contribution in [3.63, 3.8) is 0 Å². The summed E-state index contributed by atoms with van der Waals surface area (Å²) in [6.07, 6.45) is 8.07. The molecule has 0 spiro atoms. The zero-order valence-corrected chi connectivity index (χ0v) is 12.1. The van der Waals surface area contributed by atoms with E-state index in [1.165, 1.54) is 18.5 Å². The summed E-state index contributed by atoms with van der Waals surface area (Å²) in [6, 6.07) is 2.09. The van der Waals surface area contributed by atoms with Crippen LogP contribution < -0.4 is 5.32 Å². The highest BCUT2D eigenvalue weighted by molar-refractivity contribution is 5.22. The van der Waals surface area contributed by atoms with Gasteiger partial charge in [-0.3, -0.25) is 4.98 Å². The molecular weight excluding hydrogens is 250 g/mol. The normalized spacial score (nSPS) is 14.9. The third-order valence-corrected chi connectivity index (χ3v) is 3.37. The van der Waals surface area contributed by atoms with E-state index >= 15 is 0 Å². The molecule has 3 rings (SSSR count). The highest BCUT2D eigenvalue weighted by Crippen LogP contribution is 2.38. The highest BCUT2D eigenvalue weighted by Gasteiger charge is 2.25. The molecule has 1 aliphatic rings. The van der Waals surface area contributed by atoms with Crippen LogP contribution in [-0.2, 0) is 6.54 Å². The minimum Gasteiger partial charge on any atom is -0.311 e. The lowest BCUT2D eigenvalue weighted by molar-refractivity contribution is 0.547. The summed E-state index contributed by atoms with van der Waals surface area (Å²) < 4.78 is 1.83. The number of aromatic nitrogens is 4. The molecule has 1 aliphatic carbocycles. The van der Waals surface area contributed by atoms with Gasteiger partial charge in [-0.15, -0.1) is 0 Å². The first-order chi connectivity index (χ1) is 9.72. The third-order valence-electron chi connectivity index (χ3n) is 3.37. The fraction of sp³-hybridized carbons (Fsp3) is 0.533. The zero-order valence-electron chi connectivity index (χ0n) is 12.1. The molecule has 20 heavy (non-hydrogen) atoms. The molecule has 2 aromatic heterocycles. The van der Waals surface area contributed by atoms with Crippen molar-refractivity contribution in [2.45, 2.75) is 39.2 Å². The smallest absolute Gasteiger partial charge is 0.172 e. The molecular formula is C15H21N5. The first kappa shape index (κ1) is 13.2. The van der Waals surface area contributed by atoms with E-state index in [1.54, 1.807) is 6.20 Å². The largest absolute Gasteiger partial charge is 0.311 e. The monoisotopic (exact) mass is 271 g/mol. The molecule has 0 unspecified atom stereocenters. The second-order valence-corrected chi connectivity index (χ2v) is 5.85. The van der Waals surface area contributed by atoms with Gasteiger partial charge in [0.1, 0.15) is 0 Å². The molecule has 106 valence electrons. The van der Waals surface area contributed by atoms with Crippen molar-refractivity contribution >= 4 is 0 Å². The molecule has 0 bridgehead atoms. The molecule has 0 aromatic carbocycles. The average molecular weight is 271 g/mol. The van der Waals surface area contributed by atoms with E-state index in [-0.39, 0.29) is 0 Å². The van der Waals surface area contributed by atoms with Crippen LogP contribution in [0.15, 0.2) is 24.7 Å². The van der Waals surface area contributed by atoms with Crippen molar-refractivity contribution in [1.29, 1.82) is 0 Å². The zero-order chi connectivity index (χ0) is 13.9. The molecule has 2 aromatic rings. The van der Waals surface area contributed by atoms with Crippen LogP contribution in [0.2, 0.25) is 0 Å². The van der Waals surface area contributed by atoms with E-state index in [0.717, 1.165) is 24.6 Å². The second kappa shape index (κ2) is 5.71. The predicted molar refractivity (Wildman–Crippen MR) is 77.7 cm³/mol. The van der Waals surface area contributed by atoms with Crippen molar-refractivity contribution in [2.75, 3.05) is 6.54 Å². The van der Waals surface area contributed by atoms with Gasteiger partial charge in [-0.2, -0.15) is 5.10 Å². The maximum absolute atomic E-state index is 4.61. The average Bonchev–Trinajstić information content (AvgIpc) is 3.16. The molecule has 1 saturated carbocycles. The van der Waals surface area contributed by atoms with Gasteiger partial charge in [0.15, 0.2) is 5.82 Å². The van der Waals surface area contributed by atoms with E-state index in [2.05, 4.69) is 40.3 Å². The Morgan fingerprint density at radius 3 is 2.95 bits per heavy atom. The summed E-state index contributed by atoms with van der Waals surface area (Å²) in [4.78, 5) is 8.87. The lowest BCUT2D eigenvalue weighted by Gasteiger charge is -2.07. The van der Waals surface area contributed by atoms with Gasteiger partial charge >= 0.3 is 0 Å². The predicted octanol–water partition coefficient (Wildman–Crippen LogP) is 2.29. The topological polar surface area (TPSA) is 55.6 Å². The van der Waals surface area contributed by atoms with Crippen LogP contribution in [0.5, 0.6) is 0 Å². The lowest BCUT2D eigenvalue weighted by atomic mass is 10.2. The summed E-state index contributed by atoms with van der Waals surface area (Å²) in [5, 5.41) is 7.97. The Kier molecular flexibility index (Phi) is 3.78. The van der Waals surface area contributed by atoms with Gasteiger partial charge in [0.05, 0.1) is 17.6 Å². The number of hydrogen-bond acceptors (Lipinski definition) is 4. The number of rotatable bonds is 6. The fourth-order valence-electron chi connectivity index (χ4n) is 2.14. The molecule has 0 atom stereocenters. The van der Waals surface area contributed by atoms with Gasteiger partial charge in [0.25, 0.3) is 0 Å². The Bertz CT molecular complexity index is 571. The van der Waals surface area contributed by atoms with Crippen LogP contribution in [0.4, 0.5) is 0 Å². The van der Waals surface area contributed by atoms with Gasteiger partial charge in [-0.25, -0.2) is 9.67 Å². The highest BCUT2D eigenvalue weighted by atomic mass is 15.3. The number of nitrogens with zero attached hydrogens (tertiary/aromatic N) is 4. The van der Waals surface area contributed by atoms with Crippen LogP contribution in [0.3, 0.4) is 0 Å². The van der Waals surface area contributed by atoms with E-state index in [9.17, 15) is 0 Å². The number of hydrogen-bond donors (Lipinski definition) is 1. The molecule has 0 amide bonds. The second-order valence-electron chi connectivity index (χ2n) is 5.85. The Morgan fingerprint density at radius 2 is 2.20 bits per heavy atom. The summed E-state index contributed by atoms with van der Waals surface area (Å²) in [5.41, 5.74) is 2.13. The van der Waals surface area contributed by atoms with Gasteiger partial charge in [-0.1, -0.05) is 13.8 Å². The SMILES string of the molecule is CC(C)CNCc1cncc(-n2ccc(C3CC3)n2)n1. The first-order valence-electron chi connectivity index (χ1n) is 7.30. The van der Waals surface area contributed by atoms with Gasteiger partial charge in [0, 0.05) is 24.9 Å². The maximum atomic E-state index is 4.61. The quantitative estimate of drug-likeness (QED) is 0.875. The molecule has 1 fully saturated rings. The standard InChI is InChI=1S/C15H21N5/c1-11(2)7-16-8-13-9-17-10-15(18-13)20-6-5-14(19-20)12-3-4-12/h5-6,9-12,16H,3-4,7-8H2,1-2H3. The molecule has 5 heteroatoms. The van der Waals surface area contributed by atoms with Crippen LogP contribution in [-0.4, -0.2) is 26.3 Å². The molecule has 0 aliphatic heterocycles. The first-order valence-corrected chi connectivity index (χ1v) is 7.30. The summed E-state index contributed by atoms with van der Waals surface area (Å²) in [7, 11) is 0. The van der Waals surface area contributed by atoms with Crippen LogP contribution in [0, 0.1) is 5.92 Å². The summed E-state index contributed by atoms with van der Waals surface area (Å²) in [6.45, 7) is 6.12. The summed E-state index contributed by atoms with van der Waals surface area (Å²) >= 11 is 0. The van der Waals surface area contributed by atoms with Gasteiger partial charge in [0.2, 0.25) is 0 Å². The Balaban J connectivity index is 1.69. The van der Waals surface area contributed by atoms with E-state index in [0.29, 0.717) is 11.8 Å². The van der Waals surface area contributed by atoms with Crippen molar-refractivity contribution < 1.29 is 0 Å². The van der Waals surface area contributed by atoms with Gasteiger partial charge < -0.3 is 5.32 Å². The van der Waals surface area contributed by atoms with Crippen LogP contribution in [0.1, 0.15) is 44.0 Å². The van der Waals surface area contributed by atoms with E-state index in [1.807, 2.05) is 17.1 Å². The Hall–Kier alpha value is -1.75. The Morgan fingerprint density at radius 1 is 1.35 bits per heavy atom. The lowest BCUT2D eigenvalue weighted by Crippen LogP contribution is -2.20. The van der Waals surface area contributed by atoms with Crippen LogP contribution >= 0.6 is 0 Å². The maximum Gasteiger partial charge on any atom is 0.172 e. The molecule has 2 heterocycles. The number of nitrogens with one attached hydrogen (secondary N) is 1. The Labute approximate surface area is 119 Å². The van der Waals surface area contributed by atoms with Crippen molar-refractivity contribution in [3.05, 3.63) is 36.0 Å². The van der Waals surface area contributed by atoms with Crippen molar-refractivity contribution in [3.8, 4) is 5.82 Å². The third kappa shape index (κ3) is 3.22. The van der Waals surface area contributed by atoms with Gasteiger partial charge in [-0.05, 0) is 31.4 Å². The minimum absolute atomic E-state index is 0.637. The van der Waals surface area contributed by atoms with Crippen molar-refractivity contribution in [2.24, 2.45) is 5.92 Å². The molecule has 0 saturated heterocycles. The summed E-state index contributed by atoms with van der Waals surface area (Å²) in [5.74, 6) is 2.10. The molecule has 5 nitrogen and oxygen atoms in total. The molecule has 0 radical (unpaired) electrons. The molecule has 1 N–H and O–H groups in total. The van der Waals surface area contributed by atoms with E-state index in [4.69, 9.17) is 0 Å². The minimum atomic E-state index is 0.637. The fourth-order valence-corrected chi connectivity index (χ4v) is 2.14. The van der Waals surface area contributed by atoms with E-state index < -0.39 is 0 Å². The van der Waals surface area contributed by atoms with Crippen LogP contribution in [0.25, 0.3) is 5.82 Å².